The van der Waals surface area contributed by atoms with Gasteiger partial charge in [0.05, 0.1) is 6.10 Å². The Morgan fingerprint density at radius 2 is 1.83 bits per heavy atom. The molecular formula is C16H24O2. The molecule has 1 atom stereocenters. The van der Waals surface area contributed by atoms with Crippen LogP contribution >= 0.6 is 0 Å². The van der Waals surface area contributed by atoms with Gasteiger partial charge in [-0.1, -0.05) is 38.3 Å². The first-order valence-electron chi connectivity index (χ1n) is 7.20. The van der Waals surface area contributed by atoms with Gasteiger partial charge in [0.25, 0.3) is 0 Å². The number of hydrogen-bond acceptors (Lipinski definition) is 2. The third kappa shape index (κ3) is 3.74. The van der Waals surface area contributed by atoms with E-state index in [0.717, 1.165) is 18.1 Å². The Morgan fingerprint density at radius 3 is 2.44 bits per heavy atom. The predicted octanol–water partition coefficient (Wildman–Crippen LogP) is 3.88. The highest BCUT2D eigenvalue weighted by molar-refractivity contribution is 5.29. The zero-order valence-corrected chi connectivity index (χ0v) is 11.3. The minimum absolute atomic E-state index is 0.358. The summed E-state index contributed by atoms with van der Waals surface area (Å²) in [6.07, 6.45) is 7.16. The molecule has 1 saturated carbocycles. The molecule has 0 amide bonds. The van der Waals surface area contributed by atoms with Gasteiger partial charge in [-0.25, -0.2) is 0 Å². The van der Waals surface area contributed by atoms with Crippen LogP contribution in [0.25, 0.3) is 0 Å². The summed E-state index contributed by atoms with van der Waals surface area (Å²) in [5, 5.41) is 9.45. The molecular weight excluding hydrogens is 224 g/mol. The van der Waals surface area contributed by atoms with E-state index in [1.807, 2.05) is 19.1 Å². The van der Waals surface area contributed by atoms with E-state index in [2.05, 4.69) is 12.1 Å². The average Bonchev–Trinajstić information content (AvgIpc) is 2.46. The first kappa shape index (κ1) is 13.4. The lowest BCUT2D eigenvalue weighted by atomic mass is 9.84. The number of rotatable bonds is 5. The highest BCUT2D eigenvalue weighted by Crippen LogP contribution is 2.33. The van der Waals surface area contributed by atoms with Crippen molar-refractivity contribution in [2.24, 2.45) is 0 Å². The van der Waals surface area contributed by atoms with Crippen LogP contribution in [0, 0.1) is 0 Å². The monoisotopic (exact) mass is 248 g/mol. The summed E-state index contributed by atoms with van der Waals surface area (Å²) >= 11 is 0. The largest absolute Gasteiger partial charge is 0.491 e. The molecule has 0 saturated heterocycles. The normalized spacial score (nSPS) is 18.6. The second-order valence-corrected chi connectivity index (χ2v) is 5.28. The molecule has 0 aliphatic heterocycles. The van der Waals surface area contributed by atoms with Crippen molar-refractivity contribution in [1.29, 1.82) is 0 Å². The van der Waals surface area contributed by atoms with Crippen LogP contribution in [0.15, 0.2) is 24.3 Å². The number of aliphatic hydroxyl groups excluding tert-OH is 1. The highest BCUT2D eigenvalue weighted by Gasteiger charge is 2.15. The van der Waals surface area contributed by atoms with Crippen LogP contribution in [0.3, 0.4) is 0 Å². The zero-order chi connectivity index (χ0) is 12.8. The molecule has 1 aromatic rings. The molecule has 2 heteroatoms. The Bertz CT molecular complexity index is 339. The summed E-state index contributed by atoms with van der Waals surface area (Å²) in [6.45, 7) is 2.35. The van der Waals surface area contributed by atoms with E-state index in [-0.39, 0.29) is 6.10 Å². The summed E-state index contributed by atoms with van der Waals surface area (Å²) in [5.74, 6) is 1.61. The number of aliphatic hydroxyl groups is 1. The van der Waals surface area contributed by atoms with Gasteiger partial charge >= 0.3 is 0 Å². The van der Waals surface area contributed by atoms with Crippen molar-refractivity contribution in [3.8, 4) is 5.75 Å². The van der Waals surface area contributed by atoms with Gasteiger partial charge < -0.3 is 9.84 Å². The molecule has 2 rings (SSSR count). The standard InChI is InChI=1S/C16H24O2/c1-2-15(17)12-18-16-10-8-14(9-11-16)13-6-4-3-5-7-13/h8-11,13,15,17H,2-7,12H2,1H3. The van der Waals surface area contributed by atoms with Gasteiger partial charge in [0.2, 0.25) is 0 Å². The highest BCUT2D eigenvalue weighted by atomic mass is 16.5. The Balaban J connectivity index is 1.88. The first-order chi connectivity index (χ1) is 8.79. The summed E-state index contributed by atoms with van der Waals surface area (Å²) in [6, 6.07) is 8.44. The molecule has 1 fully saturated rings. The molecule has 0 bridgehead atoms. The van der Waals surface area contributed by atoms with Gasteiger partial charge in [0, 0.05) is 0 Å². The minimum Gasteiger partial charge on any atom is -0.491 e. The van der Waals surface area contributed by atoms with Gasteiger partial charge in [0.15, 0.2) is 0 Å². The minimum atomic E-state index is -0.358. The van der Waals surface area contributed by atoms with E-state index in [4.69, 9.17) is 4.74 Å². The van der Waals surface area contributed by atoms with Crippen molar-refractivity contribution in [2.75, 3.05) is 6.61 Å². The molecule has 18 heavy (non-hydrogen) atoms. The number of hydrogen-bond donors (Lipinski definition) is 1. The van der Waals surface area contributed by atoms with Gasteiger partial charge in [-0.2, -0.15) is 0 Å². The predicted molar refractivity (Wildman–Crippen MR) is 74.1 cm³/mol. The van der Waals surface area contributed by atoms with Gasteiger partial charge in [-0.05, 0) is 42.9 Å². The van der Waals surface area contributed by atoms with Crippen LogP contribution in [0.5, 0.6) is 5.75 Å². The molecule has 1 N–H and O–H groups in total. The molecule has 0 aromatic heterocycles. The lowest BCUT2D eigenvalue weighted by Gasteiger charge is -2.22. The van der Waals surface area contributed by atoms with E-state index >= 15 is 0 Å². The van der Waals surface area contributed by atoms with Crippen LogP contribution in [0.4, 0.5) is 0 Å². The fourth-order valence-corrected chi connectivity index (χ4v) is 2.58. The fraction of sp³-hybridized carbons (Fsp3) is 0.625. The van der Waals surface area contributed by atoms with Crippen molar-refractivity contribution in [3.05, 3.63) is 29.8 Å². The van der Waals surface area contributed by atoms with Crippen molar-refractivity contribution >= 4 is 0 Å². The van der Waals surface area contributed by atoms with Crippen molar-refractivity contribution in [2.45, 2.75) is 57.5 Å². The van der Waals surface area contributed by atoms with E-state index in [0.29, 0.717) is 6.61 Å². The lowest BCUT2D eigenvalue weighted by molar-refractivity contribution is 0.104. The maximum atomic E-state index is 9.45. The fourth-order valence-electron chi connectivity index (χ4n) is 2.58. The van der Waals surface area contributed by atoms with E-state index < -0.39 is 0 Å². The maximum Gasteiger partial charge on any atom is 0.119 e. The van der Waals surface area contributed by atoms with E-state index in [1.165, 1.54) is 37.7 Å². The van der Waals surface area contributed by atoms with Crippen LogP contribution in [-0.2, 0) is 0 Å². The van der Waals surface area contributed by atoms with E-state index in [1.54, 1.807) is 0 Å². The van der Waals surface area contributed by atoms with Crippen molar-refractivity contribution in [3.63, 3.8) is 0 Å². The zero-order valence-electron chi connectivity index (χ0n) is 11.3. The molecule has 100 valence electrons. The molecule has 1 aromatic carbocycles. The third-order valence-corrected chi connectivity index (χ3v) is 3.87. The molecule has 0 spiro atoms. The van der Waals surface area contributed by atoms with Crippen LogP contribution in [-0.4, -0.2) is 17.8 Å². The second kappa shape index (κ2) is 6.79. The van der Waals surface area contributed by atoms with Gasteiger partial charge in [-0.3, -0.25) is 0 Å². The second-order valence-electron chi connectivity index (χ2n) is 5.28. The quantitative estimate of drug-likeness (QED) is 0.856. The first-order valence-corrected chi connectivity index (χ1v) is 7.20. The number of benzene rings is 1. The topological polar surface area (TPSA) is 29.5 Å². The molecule has 2 nitrogen and oxygen atoms in total. The molecule has 1 aliphatic rings. The van der Waals surface area contributed by atoms with Crippen LogP contribution < -0.4 is 4.74 Å². The van der Waals surface area contributed by atoms with Gasteiger partial charge in [0.1, 0.15) is 12.4 Å². The Labute approximate surface area is 110 Å². The Kier molecular flexibility index (Phi) is 5.06. The molecule has 0 radical (unpaired) electrons. The summed E-state index contributed by atoms with van der Waals surface area (Å²) in [4.78, 5) is 0. The third-order valence-electron chi connectivity index (χ3n) is 3.87. The maximum absolute atomic E-state index is 9.45. The Hall–Kier alpha value is -1.02. The smallest absolute Gasteiger partial charge is 0.119 e. The SMILES string of the molecule is CCC(O)COc1ccc(C2CCCCC2)cc1. The Morgan fingerprint density at radius 1 is 1.17 bits per heavy atom. The molecule has 1 unspecified atom stereocenters. The summed E-state index contributed by atoms with van der Waals surface area (Å²) in [5.41, 5.74) is 1.44. The molecule has 0 heterocycles. The number of ether oxygens (including phenoxy) is 1. The van der Waals surface area contributed by atoms with Gasteiger partial charge in [-0.15, -0.1) is 0 Å². The van der Waals surface area contributed by atoms with Crippen LogP contribution in [0.1, 0.15) is 56.9 Å². The average molecular weight is 248 g/mol. The van der Waals surface area contributed by atoms with E-state index in [9.17, 15) is 5.11 Å². The molecule has 1 aliphatic carbocycles. The summed E-state index contributed by atoms with van der Waals surface area (Å²) < 4.78 is 5.55. The van der Waals surface area contributed by atoms with Crippen molar-refractivity contribution in [1.82, 2.24) is 0 Å². The van der Waals surface area contributed by atoms with Crippen molar-refractivity contribution < 1.29 is 9.84 Å². The lowest BCUT2D eigenvalue weighted by Crippen LogP contribution is -2.16. The van der Waals surface area contributed by atoms with Crippen LogP contribution in [0.2, 0.25) is 0 Å². The summed E-state index contributed by atoms with van der Waals surface area (Å²) in [7, 11) is 0.